The molecular formula is C11H20O3S. The van der Waals surface area contributed by atoms with Gasteiger partial charge in [-0.1, -0.05) is 19.8 Å². The van der Waals surface area contributed by atoms with Gasteiger partial charge in [-0.2, -0.15) is 0 Å². The molecule has 3 unspecified atom stereocenters. The zero-order valence-corrected chi connectivity index (χ0v) is 10.3. The van der Waals surface area contributed by atoms with Gasteiger partial charge in [0.2, 0.25) is 0 Å². The summed E-state index contributed by atoms with van der Waals surface area (Å²) in [6.45, 7) is 3.42. The molecule has 0 aromatic heterocycles. The predicted octanol–water partition coefficient (Wildman–Crippen LogP) is 2.03. The van der Waals surface area contributed by atoms with Gasteiger partial charge in [0, 0.05) is 21.8 Å². The summed E-state index contributed by atoms with van der Waals surface area (Å²) >= 11 is 0. The minimum Gasteiger partial charge on any atom is -0.481 e. The van der Waals surface area contributed by atoms with Crippen LogP contribution in [0.1, 0.15) is 39.5 Å². The van der Waals surface area contributed by atoms with Crippen LogP contribution in [0.25, 0.3) is 0 Å². The summed E-state index contributed by atoms with van der Waals surface area (Å²) in [5, 5.41) is 8.59. The molecule has 1 N–H and O–H groups in total. The Bertz CT molecular complexity index is 246. The Morgan fingerprint density at radius 3 is 2.40 bits per heavy atom. The van der Waals surface area contributed by atoms with Gasteiger partial charge in [-0.15, -0.1) is 0 Å². The maximum atomic E-state index is 11.9. The Labute approximate surface area is 93.7 Å². The first-order valence-electron chi connectivity index (χ1n) is 5.62. The fourth-order valence-electron chi connectivity index (χ4n) is 1.99. The average Bonchev–Trinajstić information content (AvgIpc) is 2.67. The lowest BCUT2D eigenvalue weighted by molar-refractivity contribution is -0.141. The van der Waals surface area contributed by atoms with Crippen molar-refractivity contribution in [3.05, 3.63) is 0 Å². The molecule has 3 nitrogen and oxygen atoms in total. The SMILES string of the molecule is CC(C(=O)O)C(C)S(=O)CC1CCCC1. The molecule has 1 aliphatic carbocycles. The lowest BCUT2D eigenvalue weighted by Gasteiger charge is -2.17. The van der Waals surface area contributed by atoms with Crippen LogP contribution in [0.3, 0.4) is 0 Å². The molecule has 0 bridgehead atoms. The lowest BCUT2D eigenvalue weighted by atomic mass is 10.1. The van der Waals surface area contributed by atoms with Crippen LogP contribution >= 0.6 is 0 Å². The molecule has 0 aliphatic heterocycles. The molecule has 0 aromatic carbocycles. The zero-order valence-electron chi connectivity index (χ0n) is 9.44. The van der Waals surface area contributed by atoms with Crippen LogP contribution in [0, 0.1) is 11.8 Å². The standard InChI is InChI=1S/C11H20O3S/c1-8(11(12)13)9(2)15(14)7-10-5-3-4-6-10/h8-10H,3-7H2,1-2H3,(H,12,13). The molecule has 88 valence electrons. The van der Waals surface area contributed by atoms with Crippen molar-refractivity contribution in [1.82, 2.24) is 0 Å². The molecule has 4 heteroatoms. The third kappa shape index (κ3) is 3.59. The van der Waals surface area contributed by atoms with Crippen molar-refractivity contribution in [1.29, 1.82) is 0 Å². The van der Waals surface area contributed by atoms with Gasteiger partial charge < -0.3 is 5.11 Å². The molecule has 0 amide bonds. The Kier molecular flexibility index (Phi) is 4.77. The summed E-state index contributed by atoms with van der Waals surface area (Å²) in [7, 11) is -0.986. The maximum absolute atomic E-state index is 11.9. The summed E-state index contributed by atoms with van der Waals surface area (Å²) in [5.74, 6) is -0.0949. The highest BCUT2D eigenvalue weighted by Gasteiger charge is 2.27. The molecular weight excluding hydrogens is 212 g/mol. The first-order valence-corrected chi connectivity index (χ1v) is 7.00. The van der Waals surface area contributed by atoms with Gasteiger partial charge in [-0.05, 0) is 25.7 Å². The Balaban J connectivity index is 2.41. The second kappa shape index (κ2) is 5.64. The van der Waals surface area contributed by atoms with Crippen LogP contribution in [-0.2, 0) is 15.6 Å². The van der Waals surface area contributed by atoms with E-state index in [0.717, 1.165) is 0 Å². The van der Waals surface area contributed by atoms with Crippen LogP contribution in [0.15, 0.2) is 0 Å². The minimum atomic E-state index is -0.986. The minimum absolute atomic E-state index is 0.233. The topological polar surface area (TPSA) is 54.4 Å². The van der Waals surface area contributed by atoms with Gasteiger partial charge in [0.15, 0.2) is 0 Å². The van der Waals surface area contributed by atoms with E-state index < -0.39 is 22.7 Å². The van der Waals surface area contributed by atoms with Gasteiger partial charge in [0.25, 0.3) is 0 Å². The number of carboxylic acids is 1. The van der Waals surface area contributed by atoms with Crippen LogP contribution in [-0.4, -0.2) is 26.3 Å². The largest absolute Gasteiger partial charge is 0.481 e. The molecule has 1 fully saturated rings. The maximum Gasteiger partial charge on any atom is 0.307 e. The molecule has 0 heterocycles. The molecule has 3 atom stereocenters. The van der Waals surface area contributed by atoms with E-state index in [0.29, 0.717) is 11.7 Å². The summed E-state index contributed by atoms with van der Waals surface area (Å²) in [5.41, 5.74) is 0. The van der Waals surface area contributed by atoms with E-state index in [1.165, 1.54) is 25.7 Å². The second-order valence-corrected chi connectivity index (χ2v) is 6.37. The van der Waals surface area contributed by atoms with E-state index in [-0.39, 0.29) is 5.25 Å². The first-order chi connectivity index (χ1) is 7.02. The van der Waals surface area contributed by atoms with Crippen molar-refractivity contribution >= 4 is 16.8 Å². The van der Waals surface area contributed by atoms with Gasteiger partial charge in [-0.3, -0.25) is 9.00 Å². The summed E-state index contributed by atoms with van der Waals surface area (Å²) < 4.78 is 11.9. The molecule has 1 rings (SSSR count). The summed E-state index contributed by atoms with van der Waals surface area (Å²) in [6, 6.07) is 0. The fraction of sp³-hybridized carbons (Fsp3) is 0.909. The average molecular weight is 232 g/mol. The van der Waals surface area contributed by atoms with Crippen molar-refractivity contribution in [2.24, 2.45) is 11.8 Å². The van der Waals surface area contributed by atoms with Crippen molar-refractivity contribution in [2.75, 3.05) is 5.75 Å². The third-order valence-corrected chi connectivity index (χ3v) is 5.42. The van der Waals surface area contributed by atoms with E-state index in [4.69, 9.17) is 5.11 Å². The highest BCUT2D eigenvalue weighted by atomic mass is 32.2. The Morgan fingerprint density at radius 1 is 1.40 bits per heavy atom. The quantitative estimate of drug-likeness (QED) is 0.789. The van der Waals surface area contributed by atoms with Crippen molar-refractivity contribution in [3.63, 3.8) is 0 Å². The molecule has 0 aromatic rings. The third-order valence-electron chi connectivity index (χ3n) is 3.38. The number of carboxylic acid groups (broad SMARTS) is 1. The number of hydrogen-bond donors (Lipinski definition) is 1. The van der Waals surface area contributed by atoms with Gasteiger partial charge in [0.05, 0.1) is 5.92 Å². The van der Waals surface area contributed by atoms with Gasteiger partial charge in [0.1, 0.15) is 0 Å². The fourth-order valence-corrected chi connectivity index (χ4v) is 3.66. The first kappa shape index (κ1) is 12.7. The van der Waals surface area contributed by atoms with E-state index in [1.807, 2.05) is 0 Å². The zero-order chi connectivity index (χ0) is 11.4. The molecule has 15 heavy (non-hydrogen) atoms. The van der Waals surface area contributed by atoms with E-state index in [9.17, 15) is 9.00 Å². The number of aliphatic carboxylic acids is 1. The van der Waals surface area contributed by atoms with E-state index >= 15 is 0 Å². The number of hydrogen-bond acceptors (Lipinski definition) is 2. The van der Waals surface area contributed by atoms with Crippen molar-refractivity contribution in [3.8, 4) is 0 Å². The molecule has 0 radical (unpaired) electrons. The van der Waals surface area contributed by atoms with Crippen molar-refractivity contribution in [2.45, 2.75) is 44.8 Å². The van der Waals surface area contributed by atoms with Gasteiger partial charge in [-0.25, -0.2) is 0 Å². The lowest BCUT2D eigenvalue weighted by Crippen LogP contribution is -2.29. The van der Waals surface area contributed by atoms with Gasteiger partial charge >= 0.3 is 5.97 Å². The van der Waals surface area contributed by atoms with Crippen molar-refractivity contribution < 1.29 is 14.1 Å². The Morgan fingerprint density at radius 2 is 1.93 bits per heavy atom. The predicted molar refractivity (Wildman–Crippen MR) is 61.2 cm³/mol. The summed E-state index contributed by atoms with van der Waals surface area (Å²) in [4.78, 5) is 10.7. The van der Waals surface area contributed by atoms with Crippen LogP contribution in [0.4, 0.5) is 0 Å². The smallest absolute Gasteiger partial charge is 0.307 e. The van der Waals surface area contributed by atoms with E-state index in [2.05, 4.69) is 0 Å². The number of rotatable bonds is 5. The molecule has 1 saturated carbocycles. The summed E-state index contributed by atoms with van der Waals surface area (Å²) in [6.07, 6.45) is 4.81. The normalized spacial score (nSPS) is 23.6. The molecule has 0 saturated heterocycles. The van der Waals surface area contributed by atoms with Crippen LogP contribution in [0.2, 0.25) is 0 Å². The van der Waals surface area contributed by atoms with Crippen LogP contribution < -0.4 is 0 Å². The molecule has 0 spiro atoms. The second-order valence-electron chi connectivity index (χ2n) is 4.53. The van der Waals surface area contributed by atoms with Crippen LogP contribution in [0.5, 0.6) is 0 Å². The Hall–Kier alpha value is -0.380. The molecule has 1 aliphatic rings. The van der Waals surface area contributed by atoms with E-state index in [1.54, 1.807) is 13.8 Å². The monoisotopic (exact) mass is 232 g/mol. The number of carbonyl (C=O) groups is 1. The highest BCUT2D eigenvalue weighted by molar-refractivity contribution is 7.85. The highest BCUT2D eigenvalue weighted by Crippen LogP contribution is 2.26.